The largest absolute Gasteiger partial charge is 0.385 e. The average Bonchev–Trinajstić information content (AvgIpc) is 3.17. The molecule has 0 spiro atoms. The molecule has 2 fully saturated rings. The zero-order valence-electron chi connectivity index (χ0n) is 15.4. The number of nitrogens with one attached hydrogen (secondary N) is 2. The van der Waals surface area contributed by atoms with Crippen LogP contribution < -0.4 is 10.6 Å². The SMILES string of the molecule is c1ncn(CC2(CNc3ccc(NCC4CCCCC4)cc3)COC2)n1. The summed E-state index contributed by atoms with van der Waals surface area (Å²) in [6.45, 7) is 4.34. The highest BCUT2D eigenvalue weighted by molar-refractivity contribution is 5.53. The summed E-state index contributed by atoms with van der Waals surface area (Å²) in [6, 6.07) is 8.66. The molecule has 6 nitrogen and oxygen atoms in total. The molecule has 1 aromatic carbocycles. The first-order chi connectivity index (χ1) is 12.8. The van der Waals surface area contributed by atoms with E-state index in [1.807, 2.05) is 4.68 Å². The van der Waals surface area contributed by atoms with Gasteiger partial charge in [-0.2, -0.15) is 5.10 Å². The van der Waals surface area contributed by atoms with Gasteiger partial charge in [0.25, 0.3) is 0 Å². The molecule has 1 saturated carbocycles. The molecule has 1 aliphatic carbocycles. The van der Waals surface area contributed by atoms with Crippen LogP contribution in [0.2, 0.25) is 0 Å². The third kappa shape index (κ3) is 4.36. The van der Waals surface area contributed by atoms with Crippen LogP contribution in [0.25, 0.3) is 0 Å². The lowest BCUT2D eigenvalue weighted by Crippen LogP contribution is -2.50. The maximum atomic E-state index is 5.47. The Kier molecular flexibility index (Phi) is 5.39. The molecule has 26 heavy (non-hydrogen) atoms. The van der Waals surface area contributed by atoms with Gasteiger partial charge in [-0.05, 0) is 43.0 Å². The topological polar surface area (TPSA) is 64.0 Å². The second-order valence-electron chi connectivity index (χ2n) is 7.90. The number of hydrogen-bond acceptors (Lipinski definition) is 5. The van der Waals surface area contributed by atoms with Crippen LogP contribution in [0.1, 0.15) is 32.1 Å². The van der Waals surface area contributed by atoms with E-state index in [1.165, 1.54) is 37.8 Å². The second kappa shape index (κ2) is 8.08. The van der Waals surface area contributed by atoms with E-state index in [0.717, 1.165) is 44.5 Å². The van der Waals surface area contributed by atoms with Crippen LogP contribution in [0.4, 0.5) is 11.4 Å². The van der Waals surface area contributed by atoms with Crippen molar-refractivity contribution in [2.45, 2.75) is 38.6 Å². The van der Waals surface area contributed by atoms with Gasteiger partial charge in [-0.15, -0.1) is 0 Å². The predicted molar refractivity (Wildman–Crippen MR) is 103 cm³/mol. The highest BCUT2D eigenvalue weighted by Gasteiger charge is 2.39. The van der Waals surface area contributed by atoms with Gasteiger partial charge in [0.2, 0.25) is 0 Å². The summed E-state index contributed by atoms with van der Waals surface area (Å²) in [5.74, 6) is 0.844. The minimum atomic E-state index is 0.103. The van der Waals surface area contributed by atoms with Gasteiger partial charge >= 0.3 is 0 Å². The van der Waals surface area contributed by atoms with Crippen LogP contribution in [-0.4, -0.2) is 41.1 Å². The molecule has 1 saturated heterocycles. The van der Waals surface area contributed by atoms with E-state index in [2.05, 4.69) is 45.0 Å². The Morgan fingerprint density at radius 3 is 2.38 bits per heavy atom. The van der Waals surface area contributed by atoms with Crippen LogP contribution in [0, 0.1) is 11.3 Å². The first kappa shape index (κ1) is 17.3. The quantitative estimate of drug-likeness (QED) is 0.760. The number of aromatic nitrogens is 3. The Balaban J connectivity index is 1.25. The predicted octanol–water partition coefficient (Wildman–Crippen LogP) is 3.40. The molecule has 0 amide bonds. The fraction of sp³-hybridized carbons (Fsp3) is 0.600. The summed E-state index contributed by atoms with van der Waals surface area (Å²) in [4.78, 5) is 4.03. The Morgan fingerprint density at radius 2 is 1.77 bits per heavy atom. The van der Waals surface area contributed by atoms with Crippen molar-refractivity contribution in [1.82, 2.24) is 14.8 Å². The molecule has 2 aromatic rings. The van der Waals surface area contributed by atoms with E-state index in [4.69, 9.17) is 4.74 Å². The fourth-order valence-electron chi connectivity index (χ4n) is 3.95. The van der Waals surface area contributed by atoms with E-state index in [-0.39, 0.29) is 5.41 Å². The summed E-state index contributed by atoms with van der Waals surface area (Å²) >= 11 is 0. The van der Waals surface area contributed by atoms with Gasteiger partial charge in [0.05, 0.1) is 25.2 Å². The van der Waals surface area contributed by atoms with Crippen molar-refractivity contribution in [3.8, 4) is 0 Å². The van der Waals surface area contributed by atoms with Crippen LogP contribution in [0.3, 0.4) is 0 Å². The second-order valence-corrected chi connectivity index (χ2v) is 7.90. The summed E-state index contributed by atoms with van der Waals surface area (Å²) in [5, 5.41) is 11.4. The number of rotatable bonds is 8. The smallest absolute Gasteiger partial charge is 0.137 e. The maximum Gasteiger partial charge on any atom is 0.137 e. The molecule has 0 unspecified atom stereocenters. The third-order valence-electron chi connectivity index (χ3n) is 5.65. The molecule has 0 bridgehead atoms. The van der Waals surface area contributed by atoms with Crippen LogP contribution in [-0.2, 0) is 11.3 Å². The molecule has 140 valence electrons. The van der Waals surface area contributed by atoms with Gasteiger partial charge in [-0.3, -0.25) is 4.68 Å². The van der Waals surface area contributed by atoms with Crippen LogP contribution >= 0.6 is 0 Å². The summed E-state index contributed by atoms with van der Waals surface area (Å²) in [5.41, 5.74) is 2.47. The van der Waals surface area contributed by atoms with Gasteiger partial charge in [-0.1, -0.05) is 19.3 Å². The number of nitrogens with zero attached hydrogens (tertiary/aromatic N) is 3. The minimum Gasteiger partial charge on any atom is -0.385 e. The number of benzene rings is 1. The van der Waals surface area contributed by atoms with E-state index in [1.54, 1.807) is 12.7 Å². The van der Waals surface area contributed by atoms with Gasteiger partial charge in [-0.25, -0.2) is 4.98 Å². The van der Waals surface area contributed by atoms with Crippen molar-refractivity contribution in [3.05, 3.63) is 36.9 Å². The number of anilines is 2. The average molecular weight is 355 g/mol. The fourth-order valence-corrected chi connectivity index (χ4v) is 3.95. The lowest BCUT2D eigenvalue weighted by molar-refractivity contribution is -0.114. The Labute approximate surface area is 155 Å². The van der Waals surface area contributed by atoms with Gasteiger partial charge in [0.15, 0.2) is 0 Å². The Morgan fingerprint density at radius 1 is 1.04 bits per heavy atom. The summed E-state index contributed by atoms with van der Waals surface area (Å²) in [7, 11) is 0. The molecule has 1 aromatic heterocycles. The van der Waals surface area contributed by atoms with Gasteiger partial charge < -0.3 is 15.4 Å². The van der Waals surface area contributed by atoms with Crippen molar-refractivity contribution >= 4 is 11.4 Å². The lowest BCUT2D eigenvalue weighted by atomic mass is 9.85. The zero-order valence-corrected chi connectivity index (χ0v) is 15.4. The standard InChI is InChI=1S/C20H29N5O/c1-2-4-17(5-3-1)10-22-18-6-8-19(9-7-18)23-11-20(13-26-14-20)12-25-16-21-15-24-25/h6-9,15-17,22-23H,1-5,10-14H2. The zero-order chi connectivity index (χ0) is 17.7. The van der Waals surface area contributed by atoms with Crippen molar-refractivity contribution < 1.29 is 4.74 Å². The monoisotopic (exact) mass is 355 g/mol. The summed E-state index contributed by atoms with van der Waals surface area (Å²) < 4.78 is 7.36. The molecule has 6 heteroatoms. The molecular weight excluding hydrogens is 326 g/mol. The van der Waals surface area contributed by atoms with Crippen molar-refractivity contribution in [3.63, 3.8) is 0 Å². The number of hydrogen-bond donors (Lipinski definition) is 2. The molecule has 2 heterocycles. The van der Waals surface area contributed by atoms with Gasteiger partial charge in [0.1, 0.15) is 12.7 Å². The van der Waals surface area contributed by atoms with Crippen LogP contribution in [0.15, 0.2) is 36.9 Å². The van der Waals surface area contributed by atoms with E-state index in [0.29, 0.717) is 0 Å². The third-order valence-corrected chi connectivity index (χ3v) is 5.65. The normalized spacial score (nSPS) is 19.7. The first-order valence-electron chi connectivity index (χ1n) is 9.79. The van der Waals surface area contributed by atoms with E-state index < -0.39 is 0 Å². The highest BCUT2D eigenvalue weighted by Crippen LogP contribution is 2.30. The molecular formula is C20H29N5O. The first-order valence-corrected chi connectivity index (χ1v) is 9.79. The number of ether oxygens (including phenoxy) is 1. The van der Waals surface area contributed by atoms with Crippen molar-refractivity contribution in [2.24, 2.45) is 11.3 Å². The lowest BCUT2D eigenvalue weighted by Gasteiger charge is -2.41. The van der Waals surface area contributed by atoms with Gasteiger partial charge in [0, 0.05) is 24.5 Å². The van der Waals surface area contributed by atoms with E-state index in [9.17, 15) is 0 Å². The highest BCUT2D eigenvalue weighted by atomic mass is 16.5. The van der Waals surface area contributed by atoms with Crippen LogP contribution in [0.5, 0.6) is 0 Å². The van der Waals surface area contributed by atoms with E-state index >= 15 is 0 Å². The Bertz CT molecular complexity index is 660. The van der Waals surface area contributed by atoms with Crippen molar-refractivity contribution in [1.29, 1.82) is 0 Å². The minimum absolute atomic E-state index is 0.103. The molecule has 0 radical (unpaired) electrons. The molecule has 2 aliphatic rings. The Hall–Kier alpha value is -2.08. The molecule has 2 N–H and O–H groups in total. The molecule has 1 aliphatic heterocycles. The molecule has 0 atom stereocenters. The summed E-state index contributed by atoms with van der Waals surface area (Å²) in [6.07, 6.45) is 10.3. The molecule has 4 rings (SSSR count). The maximum absolute atomic E-state index is 5.47. The van der Waals surface area contributed by atoms with Crippen molar-refractivity contribution in [2.75, 3.05) is 36.9 Å².